The summed E-state index contributed by atoms with van der Waals surface area (Å²) >= 11 is 0. The SMILES string of the molecule is C/C=C(\C)CN(C)C. The topological polar surface area (TPSA) is 3.24 Å². The van der Waals surface area contributed by atoms with Gasteiger partial charge >= 0.3 is 0 Å². The second-order valence-corrected chi connectivity index (χ2v) is 2.37. The van der Waals surface area contributed by atoms with Crippen LogP contribution in [0.4, 0.5) is 0 Å². The van der Waals surface area contributed by atoms with Gasteiger partial charge in [-0.05, 0) is 27.9 Å². The summed E-state index contributed by atoms with van der Waals surface area (Å²) in [7, 11) is 4.15. The van der Waals surface area contributed by atoms with E-state index in [1.165, 1.54) is 5.57 Å². The van der Waals surface area contributed by atoms with E-state index >= 15 is 0 Å². The molecule has 0 aromatic heterocycles. The molecule has 0 rings (SSSR count). The average molecular weight is 113 g/mol. The molecule has 0 atom stereocenters. The van der Waals surface area contributed by atoms with Gasteiger partial charge in [0.25, 0.3) is 0 Å². The first-order valence-electron chi connectivity index (χ1n) is 2.93. The summed E-state index contributed by atoms with van der Waals surface area (Å²) in [6.07, 6.45) is 2.14. The Morgan fingerprint density at radius 1 is 1.50 bits per heavy atom. The molecule has 0 aliphatic heterocycles. The quantitative estimate of drug-likeness (QED) is 0.491. The van der Waals surface area contributed by atoms with Crippen molar-refractivity contribution in [2.45, 2.75) is 13.8 Å². The lowest BCUT2D eigenvalue weighted by Gasteiger charge is -2.07. The van der Waals surface area contributed by atoms with Gasteiger partial charge in [0.1, 0.15) is 0 Å². The first-order chi connectivity index (χ1) is 3.66. The molecule has 0 unspecified atom stereocenters. The summed E-state index contributed by atoms with van der Waals surface area (Å²) in [5.74, 6) is 0. The van der Waals surface area contributed by atoms with Crippen molar-refractivity contribution in [3.8, 4) is 0 Å². The van der Waals surface area contributed by atoms with Crippen LogP contribution in [0.3, 0.4) is 0 Å². The van der Waals surface area contributed by atoms with Crippen molar-refractivity contribution in [1.82, 2.24) is 4.90 Å². The zero-order valence-corrected chi connectivity index (χ0v) is 6.23. The van der Waals surface area contributed by atoms with Gasteiger partial charge in [-0.2, -0.15) is 0 Å². The highest BCUT2D eigenvalue weighted by molar-refractivity contribution is 4.97. The molecule has 0 aromatic carbocycles. The van der Waals surface area contributed by atoms with Gasteiger partial charge in [0, 0.05) is 6.54 Å². The van der Waals surface area contributed by atoms with Gasteiger partial charge in [-0.1, -0.05) is 11.6 Å². The van der Waals surface area contributed by atoms with Gasteiger partial charge in [0.15, 0.2) is 0 Å². The van der Waals surface area contributed by atoms with Crippen LogP contribution in [-0.2, 0) is 0 Å². The number of rotatable bonds is 2. The lowest BCUT2D eigenvalue weighted by Crippen LogP contribution is -2.13. The molecule has 0 heterocycles. The Kier molecular flexibility index (Phi) is 3.53. The van der Waals surface area contributed by atoms with Gasteiger partial charge in [-0.3, -0.25) is 0 Å². The Morgan fingerprint density at radius 3 is 2.12 bits per heavy atom. The summed E-state index contributed by atoms with van der Waals surface area (Å²) < 4.78 is 0. The minimum absolute atomic E-state index is 1.08. The number of nitrogens with zero attached hydrogens (tertiary/aromatic N) is 1. The lowest BCUT2D eigenvalue weighted by atomic mass is 10.3. The number of hydrogen-bond donors (Lipinski definition) is 0. The fourth-order valence-electron chi connectivity index (χ4n) is 0.590. The van der Waals surface area contributed by atoms with E-state index in [-0.39, 0.29) is 0 Å². The minimum Gasteiger partial charge on any atom is -0.305 e. The number of allylic oxidation sites excluding steroid dienone is 1. The molecule has 1 nitrogen and oxygen atoms in total. The molecular weight excluding hydrogens is 98.1 g/mol. The van der Waals surface area contributed by atoms with E-state index in [1.54, 1.807) is 0 Å². The molecule has 1 heteroatoms. The zero-order valence-electron chi connectivity index (χ0n) is 6.23. The van der Waals surface area contributed by atoms with Gasteiger partial charge in [-0.15, -0.1) is 0 Å². The molecule has 0 aromatic rings. The highest BCUT2D eigenvalue weighted by atomic mass is 15.0. The fourth-order valence-corrected chi connectivity index (χ4v) is 0.590. The fraction of sp³-hybridized carbons (Fsp3) is 0.714. The minimum atomic E-state index is 1.08. The van der Waals surface area contributed by atoms with E-state index < -0.39 is 0 Å². The summed E-state index contributed by atoms with van der Waals surface area (Å²) in [6, 6.07) is 0. The molecular formula is C7H15N. The zero-order chi connectivity index (χ0) is 6.57. The summed E-state index contributed by atoms with van der Waals surface area (Å²) in [5.41, 5.74) is 1.43. The Labute approximate surface area is 52.0 Å². The van der Waals surface area contributed by atoms with Crippen LogP contribution in [0.5, 0.6) is 0 Å². The van der Waals surface area contributed by atoms with Crippen molar-refractivity contribution in [3.05, 3.63) is 11.6 Å². The third-order valence-corrected chi connectivity index (χ3v) is 1.06. The van der Waals surface area contributed by atoms with Gasteiger partial charge in [-0.25, -0.2) is 0 Å². The molecule has 0 aliphatic rings. The molecule has 0 radical (unpaired) electrons. The molecule has 0 N–H and O–H groups in total. The van der Waals surface area contributed by atoms with Crippen molar-refractivity contribution in [2.24, 2.45) is 0 Å². The van der Waals surface area contributed by atoms with E-state index in [1.807, 2.05) is 0 Å². The molecule has 0 amide bonds. The van der Waals surface area contributed by atoms with Crippen LogP contribution in [-0.4, -0.2) is 25.5 Å². The summed E-state index contributed by atoms with van der Waals surface area (Å²) in [5, 5.41) is 0. The highest BCUT2D eigenvalue weighted by Crippen LogP contribution is 1.91. The maximum absolute atomic E-state index is 2.16. The molecule has 0 fully saturated rings. The Balaban J connectivity index is 3.39. The second-order valence-electron chi connectivity index (χ2n) is 2.37. The second kappa shape index (κ2) is 3.67. The van der Waals surface area contributed by atoms with Gasteiger partial charge in [0.2, 0.25) is 0 Å². The highest BCUT2D eigenvalue weighted by Gasteiger charge is 1.87. The third-order valence-electron chi connectivity index (χ3n) is 1.06. The van der Waals surface area contributed by atoms with Crippen molar-refractivity contribution in [3.63, 3.8) is 0 Å². The monoisotopic (exact) mass is 113 g/mol. The average Bonchev–Trinajstić information content (AvgIpc) is 1.65. The van der Waals surface area contributed by atoms with Crippen LogP contribution in [0.15, 0.2) is 11.6 Å². The smallest absolute Gasteiger partial charge is 0.0183 e. The molecule has 0 aliphatic carbocycles. The lowest BCUT2D eigenvalue weighted by molar-refractivity contribution is 0.445. The van der Waals surface area contributed by atoms with E-state index in [9.17, 15) is 0 Å². The van der Waals surface area contributed by atoms with Crippen LogP contribution in [0.25, 0.3) is 0 Å². The summed E-state index contributed by atoms with van der Waals surface area (Å²) in [6.45, 7) is 5.29. The summed E-state index contributed by atoms with van der Waals surface area (Å²) in [4.78, 5) is 2.16. The van der Waals surface area contributed by atoms with E-state index in [4.69, 9.17) is 0 Å². The standard InChI is InChI=1S/C7H15N/c1-5-7(2)6-8(3)4/h5H,6H2,1-4H3/b7-5+. The van der Waals surface area contributed by atoms with Gasteiger partial charge in [0.05, 0.1) is 0 Å². The number of hydrogen-bond acceptors (Lipinski definition) is 1. The Hall–Kier alpha value is -0.300. The van der Waals surface area contributed by atoms with Crippen molar-refractivity contribution < 1.29 is 0 Å². The Bertz CT molecular complexity index is 82.4. The van der Waals surface area contributed by atoms with Crippen LogP contribution >= 0.6 is 0 Å². The van der Waals surface area contributed by atoms with Crippen LogP contribution in [0.2, 0.25) is 0 Å². The van der Waals surface area contributed by atoms with Crippen molar-refractivity contribution >= 4 is 0 Å². The van der Waals surface area contributed by atoms with Crippen LogP contribution in [0, 0.1) is 0 Å². The maximum Gasteiger partial charge on any atom is 0.0183 e. The first-order valence-corrected chi connectivity index (χ1v) is 2.93. The molecule has 0 bridgehead atoms. The maximum atomic E-state index is 2.16. The predicted molar refractivity (Wildman–Crippen MR) is 38.0 cm³/mol. The first kappa shape index (κ1) is 7.70. The third kappa shape index (κ3) is 3.88. The molecule has 0 saturated carbocycles. The van der Waals surface area contributed by atoms with E-state index in [2.05, 4.69) is 38.9 Å². The van der Waals surface area contributed by atoms with Crippen LogP contribution < -0.4 is 0 Å². The Morgan fingerprint density at radius 2 is 2.00 bits per heavy atom. The van der Waals surface area contributed by atoms with E-state index in [0.29, 0.717) is 0 Å². The largest absolute Gasteiger partial charge is 0.305 e. The van der Waals surface area contributed by atoms with E-state index in [0.717, 1.165) is 6.54 Å². The molecule has 8 heavy (non-hydrogen) atoms. The predicted octanol–water partition coefficient (Wildman–Crippen LogP) is 1.51. The molecule has 0 saturated heterocycles. The van der Waals surface area contributed by atoms with Crippen molar-refractivity contribution in [1.29, 1.82) is 0 Å². The molecule has 0 spiro atoms. The molecule has 48 valence electrons. The van der Waals surface area contributed by atoms with Crippen LogP contribution in [0.1, 0.15) is 13.8 Å². The normalized spacial score (nSPS) is 12.9. The van der Waals surface area contributed by atoms with Gasteiger partial charge < -0.3 is 4.90 Å². The number of likely N-dealkylation sites (N-methyl/N-ethyl adjacent to an activating group) is 1. The van der Waals surface area contributed by atoms with Crippen molar-refractivity contribution in [2.75, 3.05) is 20.6 Å².